The predicted octanol–water partition coefficient (Wildman–Crippen LogP) is -0.284. The molecule has 1 heterocycles. The molecule has 9 heavy (non-hydrogen) atoms. The van der Waals surface area contributed by atoms with Crippen molar-refractivity contribution in [3.05, 3.63) is 12.4 Å². The fourth-order valence-electron chi connectivity index (χ4n) is 0.374. The highest BCUT2D eigenvalue weighted by Gasteiger charge is 1.80. The maximum atomic E-state index is 4.40. The van der Waals surface area contributed by atoms with Crippen LogP contribution in [0, 0.1) is 0 Å². The summed E-state index contributed by atoms with van der Waals surface area (Å²) in [6, 6.07) is 0. The number of nitrogens with zero attached hydrogens (tertiary/aromatic N) is 4. The molecule has 5 heteroatoms. The van der Waals surface area contributed by atoms with Crippen LogP contribution in [0.2, 0.25) is 0 Å². The Morgan fingerprint density at radius 1 is 1.78 bits per heavy atom. The molecule has 0 atom stereocenters. The van der Waals surface area contributed by atoms with Crippen LogP contribution in [-0.4, -0.2) is 28.4 Å². The highest BCUT2D eigenvalue weighted by atomic mass is 16.6. The number of hydrogen-bond acceptors (Lipinski definition) is 4. The van der Waals surface area contributed by atoms with Crippen LogP contribution < -0.4 is 0 Å². The molecule has 48 valence electrons. The fraction of sp³-hybridized carbons (Fsp3) is 0.250. The van der Waals surface area contributed by atoms with Gasteiger partial charge in [-0.15, -0.1) is 5.10 Å². The normalized spacial score (nSPS) is 10.3. The molecule has 0 amide bonds. The highest BCUT2D eigenvalue weighted by molar-refractivity contribution is 5.55. The third kappa shape index (κ3) is 1.52. The van der Waals surface area contributed by atoms with Gasteiger partial charge in [0.05, 0.1) is 12.4 Å². The number of rotatable bonds is 2. The van der Waals surface area contributed by atoms with Gasteiger partial charge in [-0.1, -0.05) is 10.4 Å². The number of oxime groups is 1. The van der Waals surface area contributed by atoms with Gasteiger partial charge in [-0.05, 0) is 0 Å². The summed E-state index contributed by atoms with van der Waals surface area (Å²) in [5.74, 6) is 0. The Hall–Kier alpha value is -1.39. The van der Waals surface area contributed by atoms with Gasteiger partial charge in [-0.2, -0.15) is 0 Å². The monoisotopic (exact) mass is 126 g/mol. The van der Waals surface area contributed by atoms with Gasteiger partial charge >= 0.3 is 0 Å². The Balaban J connectivity index is 2.57. The van der Waals surface area contributed by atoms with Gasteiger partial charge in [0.25, 0.3) is 0 Å². The Bertz CT molecular complexity index is 180. The molecule has 0 saturated carbocycles. The summed E-state index contributed by atoms with van der Waals surface area (Å²) in [7, 11) is 1.47. The molecule has 0 spiro atoms. The SMILES string of the molecule is CO/N=C/n1ccnn1. The van der Waals surface area contributed by atoms with E-state index >= 15 is 0 Å². The van der Waals surface area contributed by atoms with Gasteiger partial charge < -0.3 is 4.84 Å². The van der Waals surface area contributed by atoms with Crippen molar-refractivity contribution in [2.75, 3.05) is 7.11 Å². The van der Waals surface area contributed by atoms with Crippen molar-refractivity contribution in [3.8, 4) is 0 Å². The lowest BCUT2D eigenvalue weighted by atomic mass is 10.9. The summed E-state index contributed by atoms with van der Waals surface area (Å²) in [6.45, 7) is 0. The first-order chi connectivity index (χ1) is 4.43. The topological polar surface area (TPSA) is 52.3 Å². The number of aromatic nitrogens is 3. The quantitative estimate of drug-likeness (QED) is 0.311. The fourth-order valence-corrected chi connectivity index (χ4v) is 0.374. The van der Waals surface area contributed by atoms with Crippen LogP contribution in [0.25, 0.3) is 0 Å². The van der Waals surface area contributed by atoms with Crippen molar-refractivity contribution >= 4 is 6.34 Å². The van der Waals surface area contributed by atoms with E-state index in [9.17, 15) is 0 Å². The van der Waals surface area contributed by atoms with E-state index in [1.165, 1.54) is 18.1 Å². The predicted molar refractivity (Wildman–Crippen MR) is 30.9 cm³/mol. The first-order valence-electron chi connectivity index (χ1n) is 2.36. The molecule has 0 aromatic carbocycles. The molecule has 1 aromatic heterocycles. The van der Waals surface area contributed by atoms with E-state index in [1.807, 2.05) is 0 Å². The van der Waals surface area contributed by atoms with Crippen LogP contribution in [0.3, 0.4) is 0 Å². The standard InChI is InChI=1S/C4H6N4O/c1-9-6-4-8-3-2-5-7-8/h2-4H,1H3/b6-4+. The molecule has 0 saturated heterocycles. The first kappa shape index (κ1) is 5.74. The van der Waals surface area contributed by atoms with E-state index in [1.54, 1.807) is 12.4 Å². The first-order valence-corrected chi connectivity index (χ1v) is 2.36. The van der Waals surface area contributed by atoms with Crippen molar-refractivity contribution in [2.24, 2.45) is 5.16 Å². The molecule has 0 N–H and O–H groups in total. The molecule has 0 aliphatic rings. The molecule has 0 radical (unpaired) electrons. The second kappa shape index (κ2) is 2.81. The van der Waals surface area contributed by atoms with Gasteiger partial charge in [-0.25, -0.2) is 4.68 Å². The lowest BCUT2D eigenvalue weighted by Gasteiger charge is -1.84. The minimum absolute atomic E-state index is 1.41. The van der Waals surface area contributed by atoms with E-state index < -0.39 is 0 Å². The Morgan fingerprint density at radius 3 is 3.22 bits per heavy atom. The van der Waals surface area contributed by atoms with Crippen LogP contribution in [0.4, 0.5) is 0 Å². The molecular weight excluding hydrogens is 120 g/mol. The highest BCUT2D eigenvalue weighted by Crippen LogP contribution is 1.72. The van der Waals surface area contributed by atoms with Crippen LogP contribution in [0.5, 0.6) is 0 Å². The summed E-state index contributed by atoms with van der Waals surface area (Å²) in [5, 5.41) is 10.6. The van der Waals surface area contributed by atoms with Gasteiger partial charge in [-0.3, -0.25) is 0 Å². The average Bonchev–Trinajstić information content (AvgIpc) is 2.34. The summed E-state index contributed by atoms with van der Waals surface area (Å²) < 4.78 is 1.43. The van der Waals surface area contributed by atoms with E-state index in [2.05, 4.69) is 20.3 Å². The van der Waals surface area contributed by atoms with E-state index in [0.717, 1.165) is 0 Å². The maximum Gasteiger partial charge on any atom is 0.157 e. The minimum Gasteiger partial charge on any atom is -0.398 e. The molecule has 0 unspecified atom stereocenters. The molecule has 1 rings (SSSR count). The zero-order valence-electron chi connectivity index (χ0n) is 4.93. The van der Waals surface area contributed by atoms with Gasteiger partial charge in [0.1, 0.15) is 7.11 Å². The van der Waals surface area contributed by atoms with Crippen LogP contribution in [0.15, 0.2) is 17.5 Å². The van der Waals surface area contributed by atoms with Crippen LogP contribution in [0.1, 0.15) is 0 Å². The van der Waals surface area contributed by atoms with Gasteiger partial charge in [0, 0.05) is 0 Å². The molecule has 0 bridgehead atoms. The molecule has 5 nitrogen and oxygen atoms in total. The van der Waals surface area contributed by atoms with Crippen molar-refractivity contribution < 1.29 is 4.84 Å². The molecule has 0 aliphatic heterocycles. The summed E-state index contributed by atoms with van der Waals surface area (Å²) in [6.07, 6.45) is 4.62. The number of hydrogen-bond donors (Lipinski definition) is 0. The second-order valence-corrected chi connectivity index (χ2v) is 1.29. The van der Waals surface area contributed by atoms with Crippen LogP contribution >= 0.6 is 0 Å². The molecular formula is C4H6N4O. The molecule has 1 aromatic rings. The largest absolute Gasteiger partial charge is 0.398 e. The zero-order chi connectivity index (χ0) is 6.53. The minimum atomic E-state index is 1.41. The van der Waals surface area contributed by atoms with E-state index in [0.29, 0.717) is 0 Å². The summed E-state index contributed by atoms with van der Waals surface area (Å²) >= 11 is 0. The molecule has 0 aliphatic carbocycles. The second-order valence-electron chi connectivity index (χ2n) is 1.29. The van der Waals surface area contributed by atoms with Crippen molar-refractivity contribution in [1.29, 1.82) is 0 Å². The third-order valence-electron chi connectivity index (χ3n) is 0.712. The van der Waals surface area contributed by atoms with Crippen molar-refractivity contribution in [1.82, 2.24) is 15.0 Å². The summed E-state index contributed by atoms with van der Waals surface area (Å²) in [4.78, 5) is 4.40. The average molecular weight is 126 g/mol. The zero-order valence-corrected chi connectivity index (χ0v) is 4.93. The van der Waals surface area contributed by atoms with E-state index in [-0.39, 0.29) is 0 Å². The maximum absolute atomic E-state index is 4.40. The summed E-state index contributed by atoms with van der Waals surface area (Å²) in [5.41, 5.74) is 0. The van der Waals surface area contributed by atoms with Gasteiger partial charge in [0.2, 0.25) is 0 Å². The van der Waals surface area contributed by atoms with E-state index in [4.69, 9.17) is 0 Å². The third-order valence-corrected chi connectivity index (χ3v) is 0.712. The van der Waals surface area contributed by atoms with Gasteiger partial charge in [0.15, 0.2) is 6.34 Å². The Labute approximate surface area is 51.9 Å². The van der Waals surface area contributed by atoms with Crippen LogP contribution in [-0.2, 0) is 4.84 Å². The lowest BCUT2D eigenvalue weighted by Crippen LogP contribution is -1.95. The van der Waals surface area contributed by atoms with Crippen molar-refractivity contribution in [2.45, 2.75) is 0 Å². The molecule has 0 fully saturated rings. The Morgan fingerprint density at radius 2 is 2.67 bits per heavy atom. The van der Waals surface area contributed by atoms with Crippen molar-refractivity contribution in [3.63, 3.8) is 0 Å². The Kier molecular flexibility index (Phi) is 1.79. The lowest BCUT2D eigenvalue weighted by molar-refractivity contribution is 0.214. The smallest absolute Gasteiger partial charge is 0.157 e.